The number of hydrogen-bond donors (Lipinski definition) is 2. The van der Waals surface area contributed by atoms with Gasteiger partial charge in [-0.2, -0.15) is 0 Å². The zero-order valence-electron chi connectivity index (χ0n) is 12.9. The van der Waals surface area contributed by atoms with Crippen molar-refractivity contribution in [1.29, 1.82) is 0 Å². The Morgan fingerprint density at radius 1 is 1.30 bits per heavy atom. The van der Waals surface area contributed by atoms with E-state index < -0.39 is 17.4 Å². The Labute approximate surface area is 134 Å². The summed E-state index contributed by atoms with van der Waals surface area (Å²) in [7, 11) is 0. The average Bonchev–Trinajstić information content (AvgIpc) is 3.33. The molecule has 7 heteroatoms. The summed E-state index contributed by atoms with van der Waals surface area (Å²) in [5.41, 5.74) is 0.513. The van der Waals surface area contributed by atoms with Crippen molar-refractivity contribution in [3.8, 4) is 0 Å². The van der Waals surface area contributed by atoms with Crippen molar-refractivity contribution in [2.75, 3.05) is 18.0 Å². The lowest BCUT2D eigenvalue weighted by molar-refractivity contribution is -0.144. The Bertz CT molecular complexity index is 650. The number of carboxylic acid groups (broad SMARTS) is 1. The molecule has 3 heterocycles. The molecule has 1 aromatic heterocycles. The van der Waals surface area contributed by atoms with Crippen molar-refractivity contribution in [1.82, 2.24) is 15.3 Å². The first-order chi connectivity index (χ1) is 11.1. The minimum absolute atomic E-state index is 0.0919. The maximum atomic E-state index is 11.7. The van der Waals surface area contributed by atoms with Crippen molar-refractivity contribution < 1.29 is 14.7 Å². The van der Waals surface area contributed by atoms with Crippen molar-refractivity contribution in [3.05, 3.63) is 18.1 Å². The van der Waals surface area contributed by atoms with Crippen molar-refractivity contribution in [3.63, 3.8) is 0 Å². The fraction of sp³-hybridized carbons (Fsp3) is 0.625. The van der Waals surface area contributed by atoms with Crippen molar-refractivity contribution >= 4 is 17.7 Å². The van der Waals surface area contributed by atoms with Crippen LogP contribution in [0.1, 0.15) is 43.7 Å². The van der Waals surface area contributed by atoms with E-state index in [2.05, 4.69) is 26.3 Å². The van der Waals surface area contributed by atoms with Crippen LogP contribution in [0.25, 0.3) is 0 Å². The van der Waals surface area contributed by atoms with Crippen LogP contribution in [0.5, 0.6) is 0 Å². The largest absolute Gasteiger partial charge is 0.481 e. The summed E-state index contributed by atoms with van der Waals surface area (Å²) in [5.74, 6) is -0.158. The number of anilines is 1. The Morgan fingerprint density at radius 3 is 2.70 bits per heavy atom. The third kappa shape index (κ3) is 2.54. The van der Waals surface area contributed by atoms with Gasteiger partial charge in [0.1, 0.15) is 12.1 Å². The molecular formula is C16H20N4O3. The Morgan fingerprint density at radius 2 is 2.04 bits per heavy atom. The molecule has 3 aliphatic rings. The first-order valence-corrected chi connectivity index (χ1v) is 8.18. The van der Waals surface area contributed by atoms with Gasteiger partial charge in [-0.3, -0.25) is 9.59 Å². The van der Waals surface area contributed by atoms with Gasteiger partial charge in [0.2, 0.25) is 5.91 Å². The number of amides is 1. The molecule has 0 radical (unpaired) electrons. The summed E-state index contributed by atoms with van der Waals surface area (Å²) >= 11 is 0. The van der Waals surface area contributed by atoms with E-state index in [0.29, 0.717) is 31.8 Å². The minimum atomic E-state index is -0.880. The summed E-state index contributed by atoms with van der Waals surface area (Å²) in [4.78, 5) is 34.1. The van der Waals surface area contributed by atoms with Gasteiger partial charge in [-0.15, -0.1) is 0 Å². The predicted octanol–water partition coefficient (Wildman–Crippen LogP) is 0.914. The number of carbonyl (C=O) groups excluding carboxylic acids is 1. The SMILES string of the molecule is O=C1CC(C(=O)O)C2(CCN(c3cc(C4CC4)ncn3)CC2)N1. The van der Waals surface area contributed by atoms with Crippen LogP contribution in [0.2, 0.25) is 0 Å². The molecule has 1 saturated carbocycles. The van der Waals surface area contributed by atoms with Crippen molar-refractivity contribution in [2.24, 2.45) is 5.92 Å². The smallest absolute Gasteiger partial charge is 0.309 e. The molecular weight excluding hydrogens is 296 g/mol. The highest BCUT2D eigenvalue weighted by molar-refractivity contribution is 5.88. The molecule has 4 rings (SSSR count). The number of aromatic nitrogens is 2. The lowest BCUT2D eigenvalue weighted by atomic mass is 9.78. The van der Waals surface area contributed by atoms with Crippen LogP contribution in [0, 0.1) is 5.92 Å². The minimum Gasteiger partial charge on any atom is -0.481 e. The molecule has 2 saturated heterocycles. The van der Waals surface area contributed by atoms with E-state index in [1.54, 1.807) is 6.33 Å². The lowest BCUT2D eigenvalue weighted by Gasteiger charge is -2.41. The molecule has 1 amide bonds. The average molecular weight is 316 g/mol. The van der Waals surface area contributed by atoms with Crippen molar-refractivity contribution in [2.45, 2.75) is 43.6 Å². The van der Waals surface area contributed by atoms with E-state index >= 15 is 0 Å². The van der Waals surface area contributed by atoms with Gasteiger partial charge in [-0.05, 0) is 25.7 Å². The molecule has 122 valence electrons. The van der Waals surface area contributed by atoms with Crippen LogP contribution in [-0.4, -0.2) is 45.6 Å². The molecule has 3 fully saturated rings. The van der Waals surface area contributed by atoms with E-state index in [9.17, 15) is 14.7 Å². The Balaban J connectivity index is 1.49. The predicted molar refractivity (Wildman–Crippen MR) is 82.1 cm³/mol. The zero-order valence-corrected chi connectivity index (χ0v) is 12.9. The second kappa shape index (κ2) is 5.18. The number of rotatable bonds is 3. The quantitative estimate of drug-likeness (QED) is 0.861. The topological polar surface area (TPSA) is 95.4 Å². The van der Waals surface area contributed by atoms with Gasteiger partial charge >= 0.3 is 5.97 Å². The molecule has 1 spiro atoms. The molecule has 0 aromatic carbocycles. The molecule has 1 aromatic rings. The normalized spacial score (nSPS) is 26.3. The molecule has 2 aliphatic heterocycles. The van der Waals surface area contributed by atoms with E-state index in [4.69, 9.17) is 0 Å². The molecule has 0 bridgehead atoms. The third-order valence-electron chi connectivity index (χ3n) is 5.39. The van der Waals surface area contributed by atoms with Crippen LogP contribution in [0.4, 0.5) is 5.82 Å². The Kier molecular flexibility index (Phi) is 3.25. The monoisotopic (exact) mass is 316 g/mol. The molecule has 1 aliphatic carbocycles. The first kappa shape index (κ1) is 14.4. The van der Waals surface area contributed by atoms with Gasteiger partial charge in [0.05, 0.1) is 11.5 Å². The summed E-state index contributed by atoms with van der Waals surface area (Å²) in [6.07, 6.45) is 5.38. The number of piperidine rings is 1. The van der Waals surface area contributed by atoms with Crippen LogP contribution >= 0.6 is 0 Å². The van der Waals surface area contributed by atoms with E-state index in [1.807, 2.05) is 0 Å². The van der Waals surface area contributed by atoms with Crippen LogP contribution in [-0.2, 0) is 9.59 Å². The Hall–Kier alpha value is -2.18. The number of hydrogen-bond acceptors (Lipinski definition) is 5. The number of carbonyl (C=O) groups is 2. The highest BCUT2D eigenvalue weighted by Gasteiger charge is 2.51. The number of carboxylic acids is 1. The summed E-state index contributed by atoms with van der Waals surface area (Å²) < 4.78 is 0. The van der Waals surface area contributed by atoms with Gasteiger partial charge in [-0.25, -0.2) is 9.97 Å². The van der Waals surface area contributed by atoms with Crippen LogP contribution < -0.4 is 10.2 Å². The second-order valence-corrected chi connectivity index (χ2v) is 6.86. The van der Waals surface area contributed by atoms with E-state index in [1.165, 1.54) is 12.8 Å². The standard InChI is InChI=1S/C16H20N4O3/c21-14-7-11(15(22)23)16(19-14)3-5-20(6-4-16)13-8-12(10-1-2-10)17-9-18-13/h8-11H,1-7H2,(H,19,21)(H,22,23). The molecule has 2 N–H and O–H groups in total. The maximum absolute atomic E-state index is 11.7. The van der Waals surface area contributed by atoms with Gasteiger partial charge in [-0.1, -0.05) is 0 Å². The zero-order chi connectivity index (χ0) is 16.0. The lowest BCUT2D eigenvalue weighted by Crippen LogP contribution is -2.55. The molecule has 7 nitrogen and oxygen atoms in total. The first-order valence-electron chi connectivity index (χ1n) is 8.18. The fourth-order valence-electron chi connectivity index (χ4n) is 3.87. The molecule has 23 heavy (non-hydrogen) atoms. The second-order valence-electron chi connectivity index (χ2n) is 6.86. The van der Waals surface area contributed by atoms with E-state index in [0.717, 1.165) is 11.5 Å². The maximum Gasteiger partial charge on any atom is 0.309 e. The van der Waals surface area contributed by atoms with Gasteiger partial charge in [0.25, 0.3) is 0 Å². The van der Waals surface area contributed by atoms with E-state index in [-0.39, 0.29) is 12.3 Å². The number of aliphatic carboxylic acids is 1. The summed E-state index contributed by atoms with van der Waals surface area (Å²) in [6, 6.07) is 2.05. The molecule has 1 atom stereocenters. The summed E-state index contributed by atoms with van der Waals surface area (Å²) in [6.45, 7) is 1.40. The fourth-order valence-corrected chi connectivity index (χ4v) is 3.87. The summed E-state index contributed by atoms with van der Waals surface area (Å²) in [5, 5.41) is 12.3. The van der Waals surface area contributed by atoms with Gasteiger partial charge in [0.15, 0.2) is 0 Å². The van der Waals surface area contributed by atoms with Crippen LogP contribution in [0.15, 0.2) is 12.4 Å². The van der Waals surface area contributed by atoms with Gasteiger partial charge < -0.3 is 15.3 Å². The highest BCUT2D eigenvalue weighted by Crippen LogP contribution is 2.41. The molecule has 1 unspecified atom stereocenters. The van der Waals surface area contributed by atoms with Gasteiger partial charge in [0, 0.05) is 37.2 Å². The van der Waals surface area contributed by atoms with Crippen LogP contribution in [0.3, 0.4) is 0 Å². The highest BCUT2D eigenvalue weighted by atomic mass is 16.4. The third-order valence-corrected chi connectivity index (χ3v) is 5.39. The number of nitrogens with one attached hydrogen (secondary N) is 1. The number of nitrogens with zero attached hydrogens (tertiary/aromatic N) is 3.